The molecule has 0 aliphatic rings. The van der Waals surface area contributed by atoms with Crippen molar-refractivity contribution in [2.45, 2.75) is 17.6 Å². The van der Waals surface area contributed by atoms with Gasteiger partial charge in [0.2, 0.25) is 0 Å². The second-order valence-electron chi connectivity index (χ2n) is 2.84. The molecular formula is C8H11NO5S2. The molecule has 1 aromatic rings. The van der Waals surface area contributed by atoms with Crippen LogP contribution in [-0.2, 0) is 26.1 Å². The van der Waals surface area contributed by atoms with Gasteiger partial charge in [-0.1, -0.05) is 11.8 Å². The summed E-state index contributed by atoms with van der Waals surface area (Å²) in [6, 6.07) is 3.16. The average molecular weight is 265 g/mol. The van der Waals surface area contributed by atoms with Gasteiger partial charge >= 0.3 is 5.97 Å². The summed E-state index contributed by atoms with van der Waals surface area (Å²) in [7, 11) is -3.76. The predicted molar refractivity (Wildman–Crippen MR) is 57.6 cm³/mol. The standard InChI is InChI=1S/C8H11NO5S2/c1-2-6-3-4-8(15-6)16(12,13)9-14-5-7(10)11/h3-4,9H,2,5H2,1H3,(H,10,11). The lowest BCUT2D eigenvalue weighted by Crippen LogP contribution is -2.26. The highest BCUT2D eigenvalue weighted by Crippen LogP contribution is 2.21. The lowest BCUT2D eigenvalue weighted by Gasteiger charge is -2.02. The first-order chi connectivity index (χ1) is 7.45. The summed E-state index contributed by atoms with van der Waals surface area (Å²) < 4.78 is 23.2. The normalized spacial score (nSPS) is 11.6. The van der Waals surface area contributed by atoms with E-state index in [0.717, 1.165) is 22.6 Å². The fourth-order valence-corrected chi connectivity index (χ4v) is 2.98. The molecule has 0 radical (unpaired) electrons. The average Bonchev–Trinajstić information content (AvgIpc) is 2.65. The van der Waals surface area contributed by atoms with Gasteiger partial charge in [-0.25, -0.2) is 13.2 Å². The molecule has 0 amide bonds. The van der Waals surface area contributed by atoms with Crippen LogP contribution in [0, 0.1) is 0 Å². The zero-order chi connectivity index (χ0) is 12.2. The van der Waals surface area contributed by atoms with Crippen LogP contribution in [0.3, 0.4) is 0 Å². The van der Waals surface area contributed by atoms with Crippen molar-refractivity contribution in [3.8, 4) is 0 Å². The van der Waals surface area contributed by atoms with Crippen molar-refractivity contribution >= 4 is 27.3 Å². The van der Waals surface area contributed by atoms with Crippen LogP contribution in [0.4, 0.5) is 0 Å². The fourth-order valence-electron chi connectivity index (χ4n) is 0.903. The first kappa shape index (κ1) is 13.1. The summed E-state index contributed by atoms with van der Waals surface area (Å²) in [5.74, 6) is -1.25. The number of carboxylic acids is 1. The smallest absolute Gasteiger partial charge is 0.331 e. The number of nitrogens with one attached hydrogen (secondary N) is 1. The van der Waals surface area contributed by atoms with Gasteiger partial charge in [0.05, 0.1) is 0 Å². The fraction of sp³-hybridized carbons (Fsp3) is 0.375. The first-order valence-corrected chi connectivity index (χ1v) is 6.69. The molecule has 0 bridgehead atoms. The van der Waals surface area contributed by atoms with Gasteiger partial charge in [0.1, 0.15) is 4.21 Å². The van der Waals surface area contributed by atoms with Crippen LogP contribution >= 0.6 is 11.3 Å². The van der Waals surface area contributed by atoms with Gasteiger partial charge in [0, 0.05) is 4.88 Å². The Bertz CT molecular complexity index is 465. The molecule has 6 nitrogen and oxygen atoms in total. The van der Waals surface area contributed by atoms with Crippen LogP contribution in [-0.4, -0.2) is 26.1 Å². The summed E-state index contributed by atoms with van der Waals surface area (Å²) in [5.41, 5.74) is 0. The molecule has 0 aliphatic heterocycles. The number of rotatable bonds is 6. The Hall–Kier alpha value is -0.960. The van der Waals surface area contributed by atoms with Crippen molar-refractivity contribution in [3.05, 3.63) is 17.0 Å². The summed E-state index contributed by atoms with van der Waals surface area (Å²) in [6.45, 7) is 1.20. The number of carbonyl (C=O) groups is 1. The van der Waals surface area contributed by atoms with E-state index in [1.54, 1.807) is 11.0 Å². The van der Waals surface area contributed by atoms with E-state index in [2.05, 4.69) is 4.84 Å². The molecule has 0 atom stereocenters. The minimum absolute atomic E-state index is 0.106. The molecule has 1 heterocycles. The number of aliphatic carboxylic acids is 1. The largest absolute Gasteiger partial charge is 0.479 e. The molecule has 8 heteroatoms. The monoisotopic (exact) mass is 265 g/mol. The molecule has 1 rings (SSSR count). The number of hydrogen-bond acceptors (Lipinski definition) is 5. The van der Waals surface area contributed by atoms with Gasteiger partial charge in [0.15, 0.2) is 6.61 Å². The zero-order valence-electron chi connectivity index (χ0n) is 8.47. The van der Waals surface area contributed by atoms with Gasteiger partial charge in [-0.2, -0.15) is 0 Å². The van der Waals surface area contributed by atoms with Crippen molar-refractivity contribution < 1.29 is 23.2 Å². The SMILES string of the molecule is CCc1ccc(S(=O)(=O)NOCC(=O)O)s1. The van der Waals surface area contributed by atoms with Crippen LogP contribution in [0.1, 0.15) is 11.8 Å². The molecule has 0 saturated heterocycles. The molecule has 2 N–H and O–H groups in total. The first-order valence-electron chi connectivity index (χ1n) is 4.40. The van der Waals surface area contributed by atoms with E-state index >= 15 is 0 Å². The Labute approximate surface area is 96.9 Å². The second kappa shape index (κ2) is 5.39. The lowest BCUT2D eigenvalue weighted by molar-refractivity contribution is -0.143. The van der Waals surface area contributed by atoms with E-state index in [4.69, 9.17) is 5.11 Å². The third-order valence-corrected chi connectivity index (χ3v) is 4.55. The number of carboxylic acid groups (broad SMARTS) is 1. The molecular weight excluding hydrogens is 254 g/mol. The predicted octanol–water partition coefficient (Wildman–Crippen LogP) is 0.605. The molecule has 0 saturated carbocycles. The zero-order valence-corrected chi connectivity index (χ0v) is 10.1. The molecule has 0 fully saturated rings. The number of hydrogen-bond donors (Lipinski definition) is 2. The van der Waals surface area contributed by atoms with Gasteiger partial charge in [0.25, 0.3) is 10.0 Å². The van der Waals surface area contributed by atoms with Gasteiger partial charge < -0.3 is 5.11 Å². The molecule has 0 spiro atoms. The van der Waals surface area contributed by atoms with Crippen molar-refractivity contribution in [1.29, 1.82) is 0 Å². The molecule has 0 unspecified atom stereocenters. The summed E-state index contributed by atoms with van der Waals surface area (Å²) in [4.78, 5) is 17.1. The Morgan fingerprint density at radius 1 is 1.56 bits per heavy atom. The van der Waals surface area contributed by atoms with Crippen molar-refractivity contribution in [1.82, 2.24) is 4.89 Å². The third kappa shape index (κ3) is 3.56. The van der Waals surface area contributed by atoms with E-state index in [9.17, 15) is 13.2 Å². The van der Waals surface area contributed by atoms with Crippen LogP contribution in [0.5, 0.6) is 0 Å². The Balaban J connectivity index is 2.66. The highest BCUT2D eigenvalue weighted by molar-refractivity contribution is 7.91. The van der Waals surface area contributed by atoms with E-state index in [0.29, 0.717) is 0 Å². The lowest BCUT2D eigenvalue weighted by atomic mass is 10.4. The van der Waals surface area contributed by atoms with Gasteiger partial charge in [-0.3, -0.25) is 4.84 Å². The second-order valence-corrected chi connectivity index (χ2v) is 5.88. The van der Waals surface area contributed by atoms with Crippen molar-refractivity contribution in [2.75, 3.05) is 6.61 Å². The van der Waals surface area contributed by atoms with E-state index in [-0.39, 0.29) is 4.21 Å². The highest BCUT2D eigenvalue weighted by Gasteiger charge is 2.17. The van der Waals surface area contributed by atoms with Crippen molar-refractivity contribution in [3.63, 3.8) is 0 Å². The number of aryl methyl sites for hydroxylation is 1. The molecule has 1 aromatic heterocycles. The Kier molecular flexibility index (Phi) is 4.42. The summed E-state index contributed by atoms with van der Waals surface area (Å²) >= 11 is 1.12. The number of sulfonamides is 1. The molecule has 0 aromatic carbocycles. The highest BCUT2D eigenvalue weighted by atomic mass is 32.2. The van der Waals surface area contributed by atoms with Crippen LogP contribution in [0.2, 0.25) is 0 Å². The molecule has 90 valence electrons. The minimum Gasteiger partial charge on any atom is -0.479 e. The summed E-state index contributed by atoms with van der Waals surface area (Å²) in [5, 5.41) is 8.27. The Morgan fingerprint density at radius 2 is 2.25 bits per heavy atom. The molecule has 0 aliphatic carbocycles. The Morgan fingerprint density at radius 3 is 2.75 bits per heavy atom. The van der Waals surface area contributed by atoms with E-state index in [1.165, 1.54) is 6.07 Å². The van der Waals surface area contributed by atoms with Crippen LogP contribution in [0.25, 0.3) is 0 Å². The maximum Gasteiger partial charge on any atom is 0.331 e. The van der Waals surface area contributed by atoms with Crippen LogP contribution < -0.4 is 4.89 Å². The van der Waals surface area contributed by atoms with E-state index < -0.39 is 22.6 Å². The van der Waals surface area contributed by atoms with Crippen LogP contribution in [0.15, 0.2) is 16.3 Å². The van der Waals surface area contributed by atoms with Crippen molar-refractivity contribution in [2.24, 2.45) is 0 Å². The maximum absolute atomic E-state index is 11.5. The van der Waals surface area contributed by atoms with E-state index in [1.807, 2.05) is 6.92 Å². The third-order valence-electron chi connectivity index (χ3n) is 1.61. The molecule has 16 heavy (non-hydrogen) atoms. The van der Waals surface area contributed by atoms with Gasteiger partial charge in [-0.05, 0) is 18.6 Å². The minimum atomic E-state index is -3.76. The number of thiophene rings is 1. The van der Waals surface area contributed by atoms with Gasteiger partial charge in [-0.15, -0.1) is 11.3 Å². The topological polar surface area (TPSA) is 92.7 Å². The quantitative estimate of drug-likeness (QED) is 0.735. The maximum atomic E-state index is 11.5. The summed E-state index contributed by atoms with van der Waals surface area (Å²) in [6.07, 6.45) is 0.746.